The molecule has 0 aliphatic heterocycles. The van der Waals surface area contributed by atoms with Crippen LogP contribution >= 0.6 is 22.7 Å². The Hall–Kier alpha value is -2.04. The summed E-state index contributed by atoms with van der Waals surface area (Å²) in [4.78, 5) is 1.38. The topological polar surface area (TPSA) is 26.3 Å². The van der Waals surface area contributed by atoms with E-state index in [1.807, 2.05) is 32.0 Å². The van der Waals surface area contributed by atoms with E-state index in [9.17, 15) is 0 Å². The molecule has 0 bridgehead atoms. The fraction of sp³-hybridized carbons (Fsp3) is 0.273. The summed E-state index contributed by atoms with van der Waals surface area (Å²) in [6.45, 7) is 8.10. The maximum atomic E-state index is 4.83. The second-order valence-electron chi connectivity index (χ2n) is 5.05. The summed E-state index contributed by atoms with van der Waals surface area (Å²) in [6, 6.07) is 12.0. The van der Waals surface area contributed by atoms with Gasteiger partial charge in [0.25, 0.3) is 0 Å². The first-order valence-electron chi connectivity index (χ1n) is 7.55. The Kier molecular flexibility index (Phi) is 16.6. The number of rotatable bonds is 0. The Labute approximate surface area is 167 Å². The summed E-state index contributed by atoms with van der Waals surface area (Å²) in [5, 5.41) is 6.28. The zero-order valence-corrected chi connectivity index (χ0v) is 16.2. The fourth-order valence-corrected chi connectivity index (χ4v) is 2.58. The van der Waals surface area contributed by atoms with Gasteiger partial charge in [0.2, 0.25) is 0 Å². The maximum absolute atomic E-state index is 4.83. The van der Waals surface area contributed by atoms with Crippen molar-refractivity contribution in [3.8, 4) is 0 Å². The maximum Gasteiger partial charge on any atom is 0.100 e. The predicted octanol–water partition coefficient (Wildman–Crippen LogP) is 8.56. The third-order valence-electron chi connectivity index (χ3n) is 2.65. The lowest BCUT2D eigenvalue weighted by molar-refractivity contribution is 0.534. The molecular formula is C22H32O2S2. The van der Waals surface area contributed by atoms with E-state index in [-0.39, 0.29) is 14.9 Å². The minimum Gasteiger partial charge on any atom is -0.472 e. The van der Waals surface area contributed by atoms with E-state index < -0.39 is 0 Å². The quantitative estimate of drug-likeness (QED) is 0.299. The molecule has 4 rings (SSSR count). The number of furan rings is 2. The molecule has 4 heterocycles. The van der Waals surface area contributed by atoms with Crippen LogP contribution in [0.1, 0.15) is 36.6 Å². The summed E-state index contributed by atoms with van der Waals surface area (Å²) < 4.78 is 9.55. The molecule has 0 radical (unpaired) electrons. The molecule has 4 aromatic heterocycles. The molecule has 0 aromatic carbocycles. The Morgan fingerprint density at radius 2 is 1.54 bits per heavy atom. The van der Waals surface area contributed by atoms with Crippen molar-refractivity contribution < 1.29 is 8.83 Å². The van der Waals surface area contributed by atoms with E-state index in [2.05, 4.69) is 48.2 Å². The molecule has 0 fully saturated rings. The van der Waals surface area contributed by atoms with Gasteiger partial charge in [0.05, 0.1) is 18.8 Å². The van der Waals surface area contributed by atoms with Crippen LogP contribution in [0.15, 0.2) is 80.2 Å². The molecule has 0 saturated carbocycles. The summed E-state index contributed by atoms with van der Waals surface area (Å²) in [7, 11) is 0. The lowest BCUT2D eigenvalue weighted by atomic mass is 10.4. The largest absolute Gasteiger partial charge is 0.472 e. The van der Waals surface area contributed by atoms with E-state index in [0.29, 0.717) is 0 Å². The molecular weight excluding hydrogens is 360 g/mol. The molecule has 4 heteroatoms. The van der Waals surface area contributed by atoms with Crippen molar-refractivity contribution in [3.63, 3.8) is 0 Å². The molecule has 0 spiro atoms. The summed E-state index contributed by atoms with van der Waals surface area (Å²) in [5.74, 6) is 0.968. The molecule has 0 amide bonds. The molecule has 4 aromatic rings. The third-order valence-corrected chi connectivity index (χ3v) is 4.26. The van der Waals surface area contributed by atoms with Crippen LogP contribution in [-0.4, -0.2) is 0 Å². The van der Waals surface area contributed by atoms with E-state index in [1.54, 1.807) is 41.5 Å². The monoisotopic (exact) mass is 392 g/mol. The van der Waals surface area contributed by atoms with Crippen molar-refractivity contribution in [2.75, 3.05) is 0 Å². The van der Waals surface area contributed by atoms with Crippen LogP contribution in [0.5, 0.6) is 0 Å². The predicted molar refractivity (Wildman–Crippen MR) is 118 cm³/mol. The van der Waals surface area contributed by atoms with Gasteiger partial charge in [0, 0.05) is 4.88 Å². The normalized spacial score (nSPS) is 8.15. The van der Waals surface area contributed by atoms with Gasteiger partial charge in [-0.1, -0.05) is 20.9 Å². The van der Waals surface area contributed by atoms with E-state index in [1.165, 1.54) is 16.0 Å². The van der Waals surface area contributed by atoms with Gasteiger partial charge in [-0.05, 0) is 85.3 Å². The molecule has 0 unspecified atom stereocenters. The standard InChI is InChI=1S/2C5H6O.2C5H6S.2CH4/c1-5-2-3-6-4-5;1-5-3-2-4-6-5;1-5-2-3-6-4-5;1-5-3-2-4-6-5;;/h4*2-4H,1H3;2*1H4. The Morgan fingerprint density at radius 3 is 1.69 bits per heavy atom. The van der Waals surface area contributed by atoms with Crippen LogP contribution in [0.2, 0.25) is 0 Å². The van der Waals surface area contributed by atoms with Gasteiger partial charge in [-0.25, -0.2) is 0 Å². The molecule has 0 N–H and O–H groups in total. The van der Waals surface area contributed by atoms with Gasteiger partial charge >= 0.3 is 0 Å². The van der Waals surface area contributed by atoms with Gasteiger partial charge in [-0.15, -0.1) is 11.3 Å². The average molecular weight is 393 g/mol. The lowest BCUT2D eigenvalue weighted by Crippen LogP contribution is -1.48. The molecule has 0 aliphatic carbocycles. The average Bonchev–Trinajstić information content (AvgIpc) is 3.31. The summed E-state index contributed by atoms with van der Waals surface area (Å²) >= 11 is 3.52. The van der Waals surface area contributed by atoms with Crippen molar-refractivity contribution in [1.29, 1.82) is 0 Å². The van der Waals surface area contributed by atoms with E-state index in [0.717, 1.165) is 5.76 Å². The first-order valence-corrected chi connectivity index (χ1v) is 9.38. The van der Waals surface area contributed by atoms with Gasteiger partial charge in [0.15, 0.2) is 0 Å². The van der Waals surface area contributed by atoms with Gasteiger partial charge < -0.3 is 8.83 Å². The SMILES string of the molecule is C.C.Cc1ccco1.Cc1cccs1.Cc1ccoc1.Cc1ccsc1. The molecule has 26 heavy (non-hydrogen) atoms. The second kappa shape index (κ2) is 16.4. The van der Waals surface area contributed by atoms with Crippen molar-refractivity contribution in [3.05, 3.63) is 93.1 Å². The highest BCUT2D eigenvalue weighted by atomic mass is 32.1. The number of hydrogen-bond acceptors (Lipinski definition) is 4. The Bertz CT molecular complexity index is 563. The molecule has 0 saturated heterocycles. The van der Waals surface area contributed by atoms with Crippen LogP contribution in [0, 0.1) is 27.7 Å². The van der Waals surface area contributed by atoms with Crippen molar-refractivity contribution in [2.45, 2.75) is 42.5 Å². The Morgan fingerprint density at radius 1 is 0.769 bits per heavy atom. The molecule has 144 valence electrons. The number of thiophene rings is 2. The van der Waals surface area contributed by atoms with Crippen molar-refractivity contribution >= 4 is 22.7 Å². The molecule has 2 nitrogen and oxygen atoms in total. The highest BCUT2D eigenvalue weighted by Crippen LogP contribution is 2.03. The van der Waals surface area contributed by atoms with Crippen LogP contribution in [-0.2, 0) is 0 Å². The van der Waals surface area contributed by atoms with Crippen LogP contribution in [0.3, 0.4) is 0 Å². The number of hydrogen-bond donors (Lipinski definition) is 0. The summed E-state index contributed by atoms with van der Waals surface area (Å²) in [6.07, 6.45) is 5.03. The molecule has 0 aliphatic rings. The summed E-state index contributed by atoms with van der Waals surface area (Å²) in [5.41, 5.74) is 2.54. The highest BCUT2D eigenvalue weighted by molar-refractivity contribution is 7.09. The van der Waals surface area contributed by atoms with Gasteiger partial charge in [-0.3, -0.25) is 0 Å². The Balaban J connectivity index is 0. The van der Waals surface area contributed by atoms with E-state index in [4.69, 9.17) is 8.83 Å². The third kappa shape index (κ3) is 14.3. The molecule has 0 atom stereocenters. The fourth-order valence-electron chi connectivity index (χ4n) is 1.39. The van der Waals surface area contributed by atoms with Crippen LogP contribution < -0.4 is 0 Å². The minimum absolute atomic E-state index is 0. The smallest absolute Gasteiger partial charge is 0.100 e. The van der Waals surface area contributed by atoms with Gasteiger partial charge in [-0.2, -0.15) is 11.3 Å². The first kappa shape index (κ1) is 26.2. The first-order chi connectivity index (χ1) is 11.6. The zero-order valence-electron chi connectivity index (χ0n) is 14.6. The highest BCUT2D eigenvalue weighted by Gasteiger charge is 1.77. The minimum atomic E-state index is 0. The second-order valence-corrected chi connectivity index (χ2v) is 6.98. The van der Waals surface area contributed by atoms with Crippen LogP contribution in [0.25, 0.3) is 0 Å². The van der Waals surface area contributed by atoms with Crippen molar-refractivity contribution in [2.24, 2.45) is 0 Å². The van der Waals surface area contributed by atoms with Crippen molar-refractivity contribution in [1.82, 2.24) is 0 Å². The lowest BCUT2D eigenvalue weighted by Gasteiger charge is -1.69. The van der Waals surface area contributed by atoms with Crippen LogP contribution in [0.4, 0.5) is 0 Å². The number of aryl methyl sites for hydroxylation is 4. The van der Waals surface area contributed by atoms with E-state index >= 15 is 0 Å². The van der Waals surface area contributed by atoms with Gasteiger partial charge in [0.1, 0.15) is 5.76 Å². The zero-order chi connectivity index (χ0) is 17.6.